The highest BCUT2D eigenvalue weighted by molar-refractivity contribution is 5.42. The molecule has 122 valence electrons. The van der Waals surface area contributed by atoms with E-state index in [1.54, 1.807) is 6.07 Å². The fraction of sp³-hybridized carbons (Fsp3) is 0.684. The van der Waals surface area contributed by atoms with Gasteiger partial charge in [0.15, 0.2) is 11.5 Å². The molecule has 1 aliphatic carbocycles. The third-order valence-corrected chi connectivity index (χ3v) is 5.22. The number of phenolic OH excluding ortho intramolecular Hbond substituents is 1. The smallest absolute Gasteiger partial charge is 0.161 e. The molecule has 0 bridgehead atoms. The van der Waals surface area contributed by atoms with E-state index in [-0.39, 0.29) is 11.9 Å². The highest BCUT2D eigenvalue weighted by Crippen LogP contribution is 2.40. The van der Waals surface area contributed by atoms with Gasteiger partial charge >= 0.3 is 0 Å². The molecule has 0 amide bonds. The minimum atomic E-state index is 0.245. The van der Waals surface area contributed by atoms with Crippen LogP contribution in [0.4, 0.5) is 0 Å². The third kappa shape index (κ3) is 3.95. The summed E-state index contributed by atoms with van der Waals surface area (Å²) >= 11 is 0. The second-order valence-electron chi connectivity index (χ2n) is 7.85. The summed E-state index contributed by atoms with van der Waals surface area (Å²) in [6.07, 6.45) is 7.19. The maximum atomic E-state index is 10.1. The van der Waals surface area contributed by atoms with E-state index in [4.69, 9.17) is 4.74 Å². The van der Waals surface area contributed by atoms with Crippen LogP contribution in [-0.4, -0.2) is 24.3 Å². The molecular weight excluding hydrogens is 274 g/mol. The summed E-state index contributed by atoms with van der Waals surface area (Å²) in [5, 5.41) is 13.5. The van der Waals surface area contributed by atoms with E-state index in [2.05, 4.69) is 25.2 Å². The summed E-state index contributed by atoms with van der Waals surface area (Å²) in [6, 6.07) is 5.90. The van der Waals surface area contributed by atoms with Crippen molar-refractivity contribution < 1.29 is 9.84 Å². The second-order valence-corrected chi connectivity index (χ2v) is 7.85. The van der Waals surface area contributed by atoms with Crippen LogP contribution in [0.1, 0.15) is 51.5 Å². The zero-order valence-electron chi connectivity index (χ0n) is 13.9. The normalized spacial score (nSPS) is 25.3. The van der Waals surface area contributed by atoms with Crippen LogP contribution in [0.5, 0.6) is 11.5 Å². The second kappa shape index (κ2) is 6.49. The van der Waals surface area contributed by atoms with Gasteiger partial charge in [-0.1, -0.05) is 19.9 Å². The van der Waals surface area contributed by atoms with Crippen LogP contribution in [0.15, 0.2) is 18.2 Å². The zero-order chi connectivity index (χ0) is 15.6. The molecule has 1 aromatic carbocycles. The Hall–Kier alpha value is -1.22. The molecule has 1 saturated carbocycles. The number of hydrogen-bond donors (Lipinski definition) is 2. The molecule has 3 heteroatoms. The minimum Gasteiger partial charge on any atom is -0.504 e. The fourth-order valence-electron chi connectivity index (χ4n) is 3.85. The van der Waals surface area contributed by atoms with E-state index in [0.717, 1.165) is 38.3 Å². The lowest BCUT2D eigenvalue weighted by Gasteiger charge is -2.23. The Bertz CT molecular complexity index is 506. The molecule has 3 rings (SSSR count). The first kappa shape index (κ1) is 15.7. The Morgan fingerprint density at radius 1 is 1.23 bits per heavy atom. The van der Waals surface area contributed by atoms with Gasteiger partial charge in [-0.25, -0.2) is 0 Å². The van der Waals surface area contributed by atoms with Gasteiger partial charge in [-0.15, -0.1) is 0 Å². The molecule has 3 nitrogen and oxygen atoms in total. The lowest BCUT2D eigenvalue weighted by atomic mass is 9.91. The molecule has 2 N–H and O–H groups in total. The largest absolute Gasteiger partial charge is 0.504 e. The van der Waals surface area contributed by atoms with E-state index in [1.165, 1.54) is 24.8 Å². The number of rotatable bonds is 4. The van der Waals surface area contributed by atoms with Gasteiger partial charge in [-0.3, -0.25) is 0 Å². The molecule has 1 saturated heterocycles. The molecular formula is C19H29NO2. The van der Waals surface area contributed by atoms with Crippen LogP contribution in [0.3, 0.4) is 0 Å². The zero-order valence-corrected chi connectivity index (χ0v) is 13.9. The Morgan fingerprint density at radius 3 is 2.68 bits per heavy atom. The van der Waals surface area contributed by atoms with Gasteiger partial charge < -0.3 is 15.2 Å². The summed E-state index contributed by atoms with van der Waals surface area (Å²) in [6.45, 7) is 6.85. The van der Waals surface area contributed by atoms with E-state index in [1.807, 2.05) is 6.07 Å². The monoisotopic (exact) mass is 303 g/mol. The summed E-state index contributed by atoms with van der Waals surface area (Å²) < 4.78 is 6.11. The van der Waals surface area contributed by atoms with Crippen molar-refractivity contribution in [3.63, 3.8) is 0 Å². The predicted molar refractivity (Wildman–Crippen MR) is 89.5 cm³/mol. The number of ether oxygens (including phenoxy) is 1. The number of hydrogen-bond acceptors (Lipinski definition) is 3. The van der Waals surface area contributed by atoms with E-state index in [9.17, 15) is 5.11 Å². The van der Waals surface area contributed by atoms with Gasteiger partial charge in [0.1, 0.15) is 0 Å². The highest BCUT2D eigenvalue weighted by atomic mass is 16.5. The Labute approximate surface area is 134 Å². The van der Waals surface area contributed by atoms with Crippen molar-refractivity contribution in [3.05, 3.63) is 23.8 Å². The summed E-state index contributed by atoms with van der Waals surface area (Å²) in [4.78, 5) is 0. The molecule has 2 fully saturated rings. The lowest BCUT2D eigenvalue weighted by molar-refractivity contribution is 0.186. The first-order valence-corrected chi connectivity index (χ1v) is 8.71. The van der Waals surface area contributed by atoms with Gasteiger partial charge in [-0.2, -0.15) is 0 Å². The quantitative estimate of drug-likeness (QED) is 0.886. The molecule has 1 heterocycles. The number of nitrogens with one attached hydrogen (secondary N) is 1. The highest BCUT2D eigenvalue weighted by Gasteiger charge is 2.32. The fourth-order valence-corrected chi connectivity index (χ4v) is 3.85. The van der Waals surface area contributed by atoms with Crippen LogP contribution < -0.4 is 10.1 Å². The van der Waals surface area contributed by atoms with Crippen molar-refractivity contribution in [1.29, 1.82) is 0 Å². The molecule has 0 aromatic heterocycles. The lowest BCUT2D eigenvalue weighted by Crippen LogP contribution is -2.28. The number of aromatic hydroxyl groups is 1. The van der Waals surface area contributed by atoms with Crippen LogP contribution in [0, 0.1) is 11.3 Å². The minimum absolute atomic E-state index is 0.245. The third-order valence-electron chi connectivity index (χ3n) is 5.22. The predicted octanol–water partition coefficient (Wildman–Crippen LogP) is 3.89. The Kier molecular flexibility index (Phi) is 4.62. The van der Waals surface area contributed by atoms with Crippen molar-refractivity contribution in [2.45, 2.75) is 58.5 Å². The van der Waals surface area contributed by atoms with Crippen LogP contribution in [-0.2, 0) is 6.42 Å². The molecule has 0 radical (unpaired) electrons. The molecule has 0 spiro atoms. The average molecular weight is 303 g/mol. The van der Waals surface area contributed by atoms with Gasteiger partial charge in [-0.05, 0) is 80.6 Å². The van der Waals surface area contributed by atoms with Crippen LogP contribution in [0.2, 0.25) is 0 Å². The number of phenols is 1. The average Bonchev–Trinajstić information content (AvgIpc) is 2.83. The van der Waals surface area contributed by atoms with Gasteiger partial charge in [0, 0.05) is 0 Å². The standard InChI is InChI=1S/C19H29NO2/c1-19(2)8-5-16(13-19)22-18-12-15(3-4-17(18)21)11-14-6-9-20-10-7-14/h3-4,12,14,16,20-21H,5-11,13H2,1-2H3. The molecule has 1 aromatic rings. The Balaban J connectivity index is 1.64. The summed E-state index contributed by atoms with van der Waals surface area (Å²) in [5.74, 6) is 1.71. The summed E-state index contributed by atoms with van der Waals surface area (Å²) in [5.41, 5.74) is 1.66. The van der Waals surface area contributed by atoms with Gasteiger partial charge in [0.2, 0.25) is 0 Å². The first-order chi connectivity index (χ1) is 10.5. The van der Waals surface area contributed by atoms with Gasteiger partial charge in [0.25, 0.3) is 0 Å². The topological polar surface area (TPSA) is 41.5 Å². The SMILES string of the molecule is CC1(C)CCC(Oc2cc(CC3CCNCC3)ccc2O)C1. The Morgan fingerprint density at radius 2 is 2.00 bits per heavy atom. The van der Waals surface area contributed by atoms with E-state index in [0.29, 0.717) is 11.2 Å². The van der Waals surface area contributed by atoms with Crippen LogP contribution >= 0.6 is 0 Å². The maximum absolute atomic E-state index is 10.1. The first-order valence-electron chi connectivity index (χ1n) is 8.71. The molecule has 1 aliphatic heterocycles. The van der Waals surface area contributed by atoms with Crippen molar-refractivity contribution >= 4 is 0 Å². The summed E-state index contributed by atoms with van der Waals surface area (Å²) in [7, 11) is 0. The number of benzene rings is 1. The number of piperidine rings is 1. The van der Waals surface area contributed by atoms with Crippen molar-refractivity contribution in [2.24, 2.45) is 11.3 Å². The molecule has 2 aliphatic rings. The molecule has 1 unspecified atom stereocenters. The van der Waals surface area contributed by atoms with Crippen molar-refractivity contribution in [1.82, 2.24) is 5.32 Å². The van der Waals surface area contributed by atoms with E-state index >= 15 is 0 Å². The molecule has 22 heavy (non-hydrogen) atoms. The van der Waals surface area contributed by atoms with Crippen LogP contribution in [0.25, 0.3) is 0 Å². The maximum Gasteiger partial charge on any atom is 0.161 e. The van der Waals surface area contributed by atoms with Gasteiger partial charge in [0.05, 0.1) is 6.10 Å². The molecule has 1 atom stereocenters. The van der Waals surface area contributed by atoms with Crippen molar-refractivity contribution in [3.8, 4) is 11.5 Å². The van der Waals surface area contributed by atoms with Crippen molar-refractivity contribution in [2.75, 3.05) is 13.1 Å². The van der Waals surface area contributed by atoms with E-state index < -0.39 is 0 Å².